The van der Waals surface area contributed by atoms with Gasteiger partial charge in [-0.05, 0) is 12.1 Å². The molecule has 3 rings (SSSR count). The lowest BCUT2D eigenvalue weighted by atomic mass is 10.1. The molecule has 2 amide bonds. The molecule has 2 saturated heterocycles. The highest BCUT2D eigenvalue weighted by atomic mass is 19.1. The van der Waals surface area contributed by atoms with Gasteiger partial charge < -0.3 is 15.1 Å². The Bertz CT molecular complexity index is 519. The second kappa shape index (κ2) is 4.49. The van der Waals surface area contributed by atoms with Crippen LogP contribution < -0.4 is 10.2 Å². The smallest absolute Gasteiger partial charge is 0.312 e. The maximum absolute atomic E-state index is 12.8. The van der Waals surface area contributed by atoms with Gasteiger partial charge in [0.1, 0.15) is 11.6 Å². The number of anilines is 1. The van der Waals surface area contributed by atoms with Gasteiger partial charge in [-0.25, -0.2) is 9.37 Å². The molecule has 2 fully saturated rings. The molecular formula is C12H13FN4O2. The molecule has 0 unspecified atom stereocenters. The van der Waals surface area contributed by atoms with Crippen molar-refractivity contribution in [2.24, 2.45) is 0 Å². The van der Waals surface area contributed by atoms with Crippen molar-refractivity contribution in [1.29, 1.82) is 0 Å². The number of piperazine rings is 2. The number of nitrogens with one attached hydrogen (secondary N) is 1. The standard InChI is InChI=1S/C12H13FN4O2/c13-8-1-2-10(14-5-8)16-3-4-17-9(7-16)6-15-11(18)12(17)19/h1-2,5,9H,3-4,6-7H2,(H,15,18)/t9-/m1/s1. The summed E-state index contributed by atoms with van der Waals surface area (Å²) >= 11 is 0. The molecule has 0 bridgehead atoms. The molecule has 6 nitrogen and oxygen atoms in total. The summed E-state index contributed by atoms with van der Waals surface area (Å²) < 4.78 is 12.8. The lowest BCUT2D eigenvalue weighted by Gasteiger charge is -2.43. The van der Waals surface area contributed by atoms with Gasteiger partial charge in [0.05, 0.1) is 12.2 Å². The highest BCUT2D eigenvalue weighted by molar-refractivity contribution is 6.35. The summed E-state index contributed by atoms with van der Waals surface area (Å²) in [4.78, 5) is 30.6. The molecule has 3 heterocycles. The van der Waals surface area contributed by atoms with E-state index in [4.69, 9.17) is 0 Å². The van der Waals surface area contributed by atoms with Crippen LogP contribution in [0.15, 0.2) is 18.3 Å². The highest BCUT2D eigenvalue weighted by Gasteiger charge is 2.37. The number of carbonyl (C=O) groups excluding carboxylic acids is 2. The normalized spacial score (nSPS) is 23.1. The van der Waals surface area contributed by atoms with Gasteiger partial charge in [-0.2, -0.15) is 0 Å². The number of halogens is 1. The second-order valence-electron chi connectivity index (χ2n) is 4.64. The molecule has 1 aromatic heterocycles. The van der Waals surface area contributed by atoms with Gasteiger partial charge in [0.2, 0.25) is 0 Å². The molecule has 7 heteroatoms. The summed E-state index contributed by atoms with van der Waals surface area (Å²) in [7, 11) is 0. The number of carbonyl (C=O) groups is 2. The third-order valence-corrected chi connectivity index (χ3v) is 3.47. The monoisotopic (exact) mass is 264 g/mol. The number of amides is 2. The van der Waals surface area contributed by atoms with E-state index in [0.29, 0.717) is 32.0 Å². The van der Waals surface area contributed by atoms with Crippen LogP contribution >= 0.6 is 0 Å². The van der Waals surface area contributed by atoms with Crippen molar-refractivity contribution in [1.82, 2.24) is 15.2 Å². The van der Waals surface area contributed by atoms with E-state index >= 15 is 0 Å². The predicted molar refractivity (Wildman–Crippen MR) is 64.9 cm³/mol. The number of pyridine rings is 1. The number of aromatic nitrogens is 1. The third kappa shape index (κ3) is 2.11. The van der Waals surface area contributed by atoms with Gasteiger partial charge in [0, 0.05) is 26.2 Å². The van der Waals surface area contributed by atoms with Gasteiger partial charge in [0.25, 0.3) is 0 Å². The molecule has 0 saturated carbocycles. The first-order valence-corrected chi connectivity index (χ1v) is 6.10. The maximum atomic E-state index is 12.8. The van der Waals surface area contributed by atoms with Crippen molar-refractivity contribution in [3.05, 3.63) is 24.1 Å². The van der Waals surface area contributed by atoms with Crippen molar-refractivity contribution in [2.75, 3.05) is 31.1 Å². The first kappa shape index (κ1) is 11.9. The van der Waals surface area contributed by atoms with E-state index in [0.717, 1.165) is 0 Å². The van der Waals surface area contributed by atoms with Crippen molar-refractivity contribution >= 4 is 17.6 Å². The van der Waals surface area contributed by atoms with Gasteiger partial charge >= 0.3 is 11.8 Å². The zero-order chi connectivity index (χ0) is 13.4. The van der Waals surface area contributed by atoms with Crippen molar-refractivity contribution < 1.29 is 14.0 Å². The average Bonchev–Trinajstić information content (AvgIpc) is 2.43. The van der Waals surface area contributed by atoms with Crippen LogP contribution in [0, 0.1) is 5.82 Å². The molecule has 0 spiro atoms. The fourth-order valence-electron chi connectivity index (χ4n) is 2.48. The summed E-state index contributed by atoms with van der Waals surface area (Å²) in [5, 5.41) is 2.57. The summed E-state index contributed by atoms with van der Waals surface area (Å²) in [6, 6.07) is 2.93. The minimum absolute atomic E-state index is 0.0502. The number of fused-ring (bicyclic) bond motifs is 1. The fourth-order valence-corrected chi connectivity index (χ4v) is 2.48. The average molecular weight is 264 g/mol. The summed E-state index contributed by atoms with van der Waals surface area (Å²) in [6.45, 7) is 2.11. The molecule has 1 aromatic rings. The van der Waals surface area contributed by atoms with E-state index in [-0.39, 0.29) is 11.9 Å². The first-order valence-electron chi connectivity index (χ1n) is 6.10. The summed E-state index contributed by atoms with van der Waals surface area (Å²) in [5.74, 6) is -0.694. The van der Waals surface area contributed by atoms with Crippen LogP contribution in [0.2, 0.25) is 0 Å². The van der Waals surface area contributed by atoms with Crippen LogP contribution in [0.25, 0.3) is 0 Å². The lowest BCUT2D eigenvalue weighted by Crippen LogP contribution is -2.65. The van der Waals surface area contributed by atoms with Crippen LogP contribution in [-0.4, -0.2) is 53.9 Å². The Morgan fingerprint density at radius 1 is 1.32 bits per heavy atom. The zero-order valence-electron chi connectivity index (χ0n) is 10.2. The molecule has 2 aliphatic rings. The molecule has 0 aliphatic carbocycles. The Labute approximate surface area is 109 Å². The van der Waals surface area contributed by atoms with Crippen LogP contribution in [0.1, 0.15) is 0 Å². The first-order chi connectivity index (χ1) is 9.15. The lowest BCUT2D eigenvalue weighted by molar-refractivity contribution is -0.150. The van der Waals surface area contributed by atoms with E-state index in [1.54, 1.807) is 11.0 Å². The number of rotatable bonds is 1. The maximum Gasteiger partial charge on any atom is 0.312 e. The largest absolute Gasteiger partial charge is 0.353 e. The molecule has 1 atom stereocenters. The van der Waals surface area contributed by atoms with E-state index in [1.807, 2.05) is 4.90 Å². The number of hydrogen-bond acceptors (Lipinski definition) is 4. The Hall–Kier alpha value is -2.18. The van der Waals surface area contributed by atoms with Gasteiger partial charge in [-0.1, -0.05) is 0 Å². The third-order valence-electron chi connectivity index (χ3n) is 3.47. The Kier molecular flexibility index (Phi) is 2.81. The van der Waals surface area contributed by atoms with Crippen molar-refractivity contribution in [3.63, 3.8) is 0 Å². The van der Waals surface area contributed by atoms with Crippen LogP contribution in [0.4, 0.5) is 10.2 Å². The Morgan fingerprint density at radius 3 is 2.89 bits per heavy atom. The summed E-state index contributed by atoms with van der Waals surface area (Å²) in [5.41, 5.74) is 0. The van der Waals surface area contributed by atoms with Gasteiger partial charge in [-0.3, -0.25) is 9.59 Å². The number of hydrogen-bond donors (Lipinski definition) is 1. The quantitative estimate of drug-likeness (QED) is 0.686. The molecule has 1 N–H and O–H groups in total. The molecular weight excluding hydrogens is 251 g/mol. The van der Waals surface area contributed by atoms with Gasteiger partial charge in [-0.15, -0.1) is 0 Å². The minimum Gasteiger partial charge on any atom is -0.353 e. The van der Waals surface area contributed by atoms with E-state index in [1.165, 1.54) is 12.3 Å². The van der Waals surface area contributed by atoms with Crippen molar-refractivity contribution in [3.8, 4) is 0 Å². The SMILES string of the molecule is O=C1NC[C@@H]2CN(c3ccc(F)cn3)CCN2C1=O. The molecule has 2 aliphatic heterocycles. The minimum atomic E-state index is -0.537. The van der Waals surface area contributed by atoms with E-state index in [9.17, 15) is 14.0 Å². The van der Waals surface area contributed by atoms with Crippen LogP contribution in [0.3, 0.4) is 0 Å². The second-order valence-corrected chi connectivity index (χ2v) is 4.64. The van der Waals surface area contributed by atoms with Crippen molar-refractivity contribution in [2.45, 2.75) is 6.04 Å². The summed E-state index contributed by atoms with van der Waals surface area (Å²) in [6.07, 6.45) is 1.18. The zero-order valence-corrected chi connectivity index (χ0v) is 10.2. The Morgan fingerprint density at radius 2 is 2.16 bits per heavy atom. The molecule has 100 valence electrons. The van der Waals surface area contributed by atoms with Crippen LogP contribution in [-0.2, 0) is 9.59 Å². The molecule has 0 radical (unpaired) electrons. The number of nitrogens with zero attached hydrogens (tertiary/aromatic N) is 3. The van der Waals surface area contributed by atoms with Gasteiger partial charge in [0.15, 0.2) is 0 Å². The topological polar surface area (TPSA) is 65.5 Å². The molecule has 0 aromatic carbocycles. The van der Waals surface area contributed by atoms with E-state index in [2.05, 4.69) is 10.3 Å². The molecule has 19 heavy (non-hydrogen) atoms. The Balaban J connectivity index is 1.74. The highest BCUT2D eigenvalue weighted by Crippen LogP contribution is 2.18. The van der Waals surface area contributed by atoms with E-state index < -0.39 is 11.8 Å². The van der Waals surface area contributed by atoms with Crippen LogP contribution in [0.5, 0.6) is 0 Å². The fraction of sp³-hybridized carbons (Fsp3) is 0.417. The predicted octanol–water partition coefficient (Wildman–Crippen LogP) is -0.632.